The zero-order valence-corrected chi connectivity index (χ0v) is 10.4. The van der Waals surface area contributed by atoms with Crippen molar-refractivity contribution >= 4 is 5.97 Å². The number of hydrogen-bond donors (Lipinski definition) is 0. The van der Waals surface area contributed by atoms with Crippen molar-refractivity contribution in [3.8, 4) is 0 Å². The van der Waals surface area contributed by atoms with E-state index in [1.165, 1.54) is 6.92 Å². The maximum atomic E-state index is 10.9. The van der Waals surface area contributed by atoms with E-state index in [0.29, 0.717) is 0 Å². The number of rotatable bonds is 5. The molecule has 3 atom stereocenters. The Hall–Kier alpha value is -0.830. The predicted molar refractivity (Wildman–Crippen MR) is 63.2 cm³/mol. The largest absolute Gasteiger partial charge is 0.460 e. The lowest BCUT2D eigenvalue weighted by Crippen LogP contribution is -2.26. The average molecular weight is 226 g/mol. The first kappa shape index (κ1) is 13.2. The highest BCUT2D eigenvalue weighted by molar-refractivity contribution is 5.66. The van der Waals surface area contributed by atoms with Crippen molar-refractivity contribution in [1.29, 1.82) is 0 Å². The van der Waals surface area contributed by atoms with Crippen LogP contribution >= 0.6 is 0 Å². The molecule has 1 rings (SSSR count). The first-order valence-corrected chi connectivity index (χ1v) is 6.11. The van der Waals surface area contributed by atoms with Crippen molar-refractivity contribution in [3.05, 3.63) is 12.2 Å². The molecule has 0 amide bonds. The Labute approximate surface area is 97.8 Å². The minimum Gasteiger partial charge on any atom is -0.460 e. The van der Waals surface area contributed by atoms with Crippen molar-refractivity contribution in [3.63, 3.8) is 0 Å². The van der Waals surface area contributed by atoms with Crippen LogP contribution in [0.25, 0.3) is 0 Å². The van der Waals surface area contributed by atoms with E-state index in [1.54, 1.807) is 0 Å². The monoisotopic (exact) mass is 226 g/mol. The summed E-state index contributed by atoms with van der Waals surface area (Å²) in [5.41, 5.74) is 0. The molecule has 0 unspecified atom stereocenters. The molecule has 3 nitrogen and oxygen atoms in total. The minimum atomic E-state index is -0.211. The van der Waals surface area contributed by atoms with E-state index < -0.39 is 0 Å². The molecule has 1 heterocycles. The fourth-order valence-corrected chi connectivity index (χ4v) is 2.06. The summed E-state index contributed by atoms with van der Waals surface area (Å²) in [5.74, 6) is -0.211. The quantitative estimate of drug-likeness (QED) is 0.534. The number of esters is 1. The van der Waals surface area contributed by atoms with E-state index >= 15 is 0 Å². The summed E-state index contributed by atoms with van der Waals surface area (Å²) in [6.45, 7) is 5.60. The summed E-state index contributed by atoms with van der Waals surface area (Å²) < 4.78 is 11.0. The number of ether oxygens (including phenoxy) is 2. The van der Waals surface area contributed by atoms with Crippen LogP contribution in [0.4, 0.5) is 0 Å². The van der Waals surface area contributed by atoms with E-state index in [0.717, 1.165) is 25.7 Å². The summed E-state index contributed by atoms with van der Waals surface area (Å²) in [6.07, 6.45) is 8.34. The standard InChI is InChI=1S/C13H22O3/c1-4-5-6-7-8-12-13(16-11(3)14)9-10(2)15-12/h5-6,10,12-13H,4,7-9H2,1-3H3/b6-5+/t10-,12+,13+/m1/s1. The van der Waals surface area contributed by atoms with Gasteiger partial charge in [-0.05, 0) is 26.2 Å². The third-order valence-electron chi connectivity index (χ3n) is 2.72. The molecule has 1 saturated heterocycles. The molecular formula is C13H22O3. The van der Waals surface area contributed by atoms with E-state index in [2.05, 4.69) is 19.1 Å². The molecule has 0 saturated carbocycles. The topological polar surface area (TPSA) is 35.5 Å². The lowest BCUT2D eigenvalue weighted by atomic mass is 10.1. The molecule has 0 aromatic carbocycles. The zero-order chi connectivity index (χ0) is 12.0. The molecule has 0 spiro atoms. The van der Waals surface area contributed by atoms with Gasteiger partial charge in [0.1, 0.15) is 6.10 Å². The Kier molecular flexibility index (Phi) is 5.53. The van der Waals surface area contributed by atoms with Crippen LogP contribution in [0.2, 0.25) is 0 Å². The molecule has 3 heteroatoms. The Bertz CT molecular complexity index is 248. The maximum absolute atomic E-state index is 10.9. The molecule has 1 aliphatic rings. The first-order valence-electron chi connectivity index (χ1n) is 6.11. The molecule has 92 valence electrons. The number of carbonyl (C=O) groups is 1. The van der Waals surface area contributed by atoms with Crippen LogP contribution in [0.1, 0.15) is 46.5 Å². The highest BCUT2D eigenvalue weighted by Crippen LogP contribution is 2.26. The van der Waals surface area contributed by atoms with Crippen LogP contribution < -0.4 is 0 Å². The molecule has 1 aliphatic heterocycles. The van der Waals surface area contributed by atoms with Crippen LogP contribution in [0.3, 0.4) is 0 Å². The van der Waals surface area contributed by atoms with Crippen molar-refractivity contribution in [2.45, 2.75) is 64.8 Å². The second-order valence-electron chi connectivity index (χ2n) is 4.33. The van der Waals surface area contributed by atoms with E-state index in [1.807, 2.05) is 6.92 Å². The van der Waals surface area contributed by atoms with Crippen molar-refractivity contribution < 1.29 is 14.3 Å². The molecule has 0 aliphatic carbocycles. The summed E-state index contributed by atoms with van der Waals surface area (Å²) in [4.78, 5) is 10.9. The van der Waals surface area contributed by atoms with Gasteiger partial charge in [-0.15, -0.1) is 0 Å². The van der Waals surface area contributed by atoms with Gasteiger partial charge in [-0.3, -0.25) is 4.79 Å². The van der Waals surface area contributed by atoms with Crippen LogP contribution in [0.15, 0.2) is 12.2 Å². The molecule has 0 aromatic heterocycles. The lowest BCUT2D eigenvalue weighted by molar-refractivity contribution is -0.149. The third kappa shape index (κ3) is 4.35. The second-order valence-corrected chi connectivity index (χ2v) is 4.33. The van der Waals surface area contributed by atoms with Crippen LogP contribution in [-0.4, -0.2) is 24.3 Å². The van der Waals surface area contributed by atoms with Gasteiger partial charge in [0.2, 0.25) is 0 Å². The van der Waals surface area contributed by atoms with E-state index in [-0.39, 0.29) is 24.3 Å². The van der Waals surface area contributed by atoms with Gasteiger partial charge in [0, 0.05) is 13.3 Å². The third-order valence-corrected chi connectivity index (χ3v) is 2.72. The Morgan fingerprint density at radius 2 is 2.25 bits per heavy atom. The summed E-state index contributed by atoms with van der Waals surface area (Å²) in [7, 11) is 0. The van der Waals surface area contributed by atoms with Crippen molar-refractivity contribution in [2.75, 3.05) is 0 Å². The Balaban J connectivity index is 2.37. The SMILES string of the molecule is CC/C=C/CC[C@@H]1O[C@H](C)C[C@@H]1OC(C)=O. The molecule has 1 fully saturated rings. The normalized spacial score (nSPS) is 29.8. The molecule has 0 radical (unpaired) electrons. The molecular weight excluding hydrogens is 204 g/mol. The van der Waals surface area contributed by atoms with Gasteiger partial charge >= 0.3 is 5.97 Å². The average Bonchev–Trinajstić information content (AvgIpc) is 2.53. The van der Waals surface area contributed by atoms with Crippen LogP contribution in [0.5, 0.6) is 0 Å². The summed E-state index contributed by atoms with van der Waals surface area (Å²) in [5, 5.41) is 0. The molecule has 0 bridgehead atoms. The Morgan fingerprint density at radius 1 is 1.50 bits per heavy atom. The van der Waals surface area contributed by atoms with Gasteiger partial charge in [-0.2, -0.15) is 0 Å². The van der Waals surface area contributed by atoms with E-state index in [4.69, 9.17) is 9.47 Å². The fraction of sp³-hybridized carbons (Fsp3) is 0.769. The van der Waals surface area contributed by atoms with Gasteiger partial charge in [0.25, 0.3) is 0 Å². The minimum absolute atomic E-state index is 0.0532. The predicted octanol–water partition coefficient (Wildman–Crippen LogP) is 2.84. The molecule has 0 N–H and O–H groups in total. The van der Waals surface area contributed by atoms with Crippen LogP contribution in [0, 0.1) is 0 Å². The summed E-state index contributed by atoms with van der Waals surface area (Å²) in [6, 6.07) is 0. The fourth-order valence-electron chi connectivity index (χ4n) is 2.06. The second kappa shape index (κ2) is 6.69. The maximum Gasteiger partial charge on any atom is 0.302 e. The molecule has 16 heavy (non-hydrogen) atoms. The van der Waals surface area contributed by atoms with Crippen molar-refractivity contribution in [1.82, 2.24) is 0 Å². The lowest BCUT2D eigenvalue weighted by Gasteiger charge is -2.17. The number of hydrogen-bond acceptors (Lipinski definition) is 3. The first-order chi connectivity index (χ1) is 7.63. The molecule has 0 aromatic rings. The van der Waals surface area contributed by atoms with Gasteiger partial charge in [-0.1, -0.05) is 19.1 Å². The van der Waals surface area contributed by atoms with Crippen LogP contribution in [-0.2, 0) is 14.3 Å². The van der Waals surface area contributed by atoms with Gasteiger partial charge in [0.05, 0.1) is 12.2 Å². The smallest absolute Gasteiger partial charge is 0.302 e. The number of carbonyl (C=O) groups excluding carboxylic acids is 1. The highest BCUT2D eigenvalue weighted by Gasteiger charge is 2.34. The van der Waals surface area contributed by atoms with E-state index in [9.17, 15) is 4.79 Å². The van der Waals surface area contributed by atoms with Gasteiger partial charge in [0.15, 0.2) is 0 Å². The zero-order valence-electron chi connectivity index (χ0n) is 10.4. The van der Waals surface area contributed by atoms with Crippen molar-refractivity contribution in [2.24, 2.45) is 0 Å². The highest BCUT2D eigenvalue weighted by atomic mass is 16.6. The number of allylic oxidation sites excluding steroid dienone is 2. The summed E-state index contributed by atoms with van der Waals surface area (Å²) >= 11 is 0. The van der Waals surface area contributed by atoms with Gasteiger partial charge < -0.3 is 9.47 Å². The Morgan fingerprint density at radius 3 is 2.88 bits per heavy atom. The van der Waals surface area contributed by atoms with Gasteiger partial charge in [-0.25, -0.2) is 0 Å².